The van der Waals surface area contributed by atoms with Gasteiger partial charge in [-0.15, -0.1) is 0 Å². The van der Waals surface area contributed by atoms with E-state index in [9.17, 15) is 14.4 Å². The van der Waals surface area contributed by atoms with Crippen LogP contribution in [0, 0.1) is 13.8 Å². The van der Waals surface area contributed by atoms with E-state index in [1.807, 2.05) is 37.3 Å². The molecule has 34 heavy (non-hydrogen) atoms. The Morgan fingerprint density at radius 3 is 2.53 bits per heavy atom. The number of carbonyl (C=O) groups is 3. The number of barbiturate groups is 1. The summed E-state index contributed by atoms with van der Waals surface area (Å²) in [6.07, 6.45) is 1.45. The number of carbonyl (C=O) groups excluding carboxylic acids is 3. The lowest BCUT2D eigenvalue weighted by molar-refractivity contribution is -0.122. The lowest BCUT2D eigenvalue weighted by atomic mass is 10.0. The van der Waals surface area contributed by atoms with E-state index in [4.69, 9.17) is 16.3 Å². The molecule has 0 aromatic heterocycles. The van der Waals surface area contributed by atoms with Gasteiger partial charge in [0.25, 0.3) is 11.8 Å². The number of halogens is 2. The summed E-state index contributed by atoms with van der Waals surface area (Å²) in [5.74, 6) is -0.849. The van der Waals surface area contributed by atoms with Gasteiger partial charge in [0.05, 0.1) is 10.2 Å². The van der Waals surface area contributed by atoms with Crippen LogP contribution >= 0.6 is 27.5 Å². The van der Waals surface area contributed by atoms with Gasteiger partial charge in [-0.05, 0) is 76.8 Å². The van der Waals surface area contributed by atoms with Crippen LogP contribution in [0.3, 0.4) is 0 Å². The minimum absolute atomic E-state index is 0.142. The molecule has 0 radical (unpaired) electrons. The Morgan fingerprint density at radius 1 is 1.03 bits per heavy atom. The summed E-state index contributed by atoms with van der Waals surface area (Å²) in [5.41, 5.74) is 3.36. The smallest absolute Gasteiger partial charge is 0.335 e. The number of urea groups is 1. The van der Waals surface area contributed by atoms with Crippen molar-refractivity contribution in [2.24, 2.45) is 0 Å². The molecule has 1 fully saturated rings. The van der Waals surface area contributed by atoms with Crippen LogP contribution in [0.15, 0.2) is 70.7 Å². The van der Waals surface area contributed by atoms with Crippen molar-refractivity contribution in [1.29, 1.82) is 0 Å². The standard InChI is InChI=1S/C26H20BrClN2O4/c1-15-7-8-16(2)22(11-15)30-25(32)19(24(31)29-26(30)33)12-17-9-10-23(20(27)13-17)34-14-18-5-3-4-6-21(18)28/h3-13H,14H2,1-2H3,(H,29,31,33)/b19-12+. The first-order valence-electron chi connectivity index (χ1n) is 10.4. The van der Waals surface area contributed by atoms with Gasteiger partial charge in [-0.1, -0.05) is 48.0 Å². The van der Waals surface area contributed by atoms with Gasteiger partial charge in [0.1, 0.15) is 17.9 Å². The highest BCUT2D eigenvalue weighted by atomic mass is 79.9. The molecule has 4 rings (SSSR count). The highest BCUT2D eigenvalue weighted by Gasteiger charge is 2.37. The second-order valence-corrected chi connectivity index (χ2v) is 9.08. The normalized spacial score (nSPS) is 15.0. The Kier molecular flexibility index (Phi) is 6.86. The number of nitrogens with one attached hydrogen (secondary N) is 1. The minimum Gasteiger partial charge on any atom is -0.488 e. The van der Waals surface area contributed by atoms with Crippen LogP contribution in [0.1, 0.15) is 22.3 Å². The third-order valence-electron chi connectivity index (χ3n) is 5.32. The quantitative estimate of drug-likeness (QED) is 0.320. The van der Waals surface area contributed by atoms with Crippen LogP contribution in [0.5, 0.6) is 5.75 Å². The van der Waals surface area contributed by atoms with Crippen molar-refractivity contribution in [3.63, 3.8) is 0 Å². The van der Waals surface area contributed by atoms with Gasteiger partial charge < -0.3 is 4.74 Å². The van der Waals surface area contributed by atoms with Gasteiger partial charge >= 0.3 is 6.03 Å². The van der Waals surface area contributed by atoms with E-state index in [1.165, 1.54) is 6.08 Å². The fourth-order valence-corrected chi connectivity index (χ4v) is 4.20. The molecule has 0 spiro atoms. The molecule has 6 nitrogen and oxygen atoms in total. The van der Waals surface area contributed by atoms with Crippen molar-refractivity contribution < 1.29 is 19.1 Å². The number of nitrogens with zero attached hydrogens (tertiary/aromatic N) is 1. The summed E-state index contributed by atoms with van der Waals surface area (Å²) in [7, 11) is 0. The lowest BCUT2D eigenvalue weighted by Gasteiger charge is -2.27. The van der Waals surface area contributed by atoms with Gasteiger partial charge in [0.2, 0.25) is 0 Å². The summed E-state index contributed by atoms with van der Waals surface area (Å²) in [5, 5.41) is 2.87. The van der Waals surface area contributed by atoms with Gasteiger partial charge in [0.15, 0.2) is 0 Å². The molecule has 1 saturated heterocycles. The van der Waals surface area contributed by atoms with E-state index < -0.39 is 17.8 Å². The van der Waals surface area contributed by atoms with Crippen LogP contribution in [0.25, 0.3) is 6.08 Å². The number of aryl methyl sites for hydroxylation is 2. The van der Waals surface area contributed by atoms with Crippen molar-refractivity contribution >= 4 is 57.1 Å². The minimum atomic E-state index is -0.773. The number of rotatable bonds is 5. The van der Waals surface area contributed by atoms with Crippen LogP contribution in [-0.2, 0) is 16.2 Å². The number of anilines is 1. The van der Waals surface area contributed by atoms with E-state index >= 15 is 0 Å². The zero-order valence-electron chi connectivity index (χ0n) is 18.4. The summed E-state index contributed by atoms with van der Waals surface area (Å²) in [6.45, 7) is 3.95. The summed E-state index contributed by atoms with van der Waals surface area (Å²) in [6, 6.07) is 17.3. The number of benzene rings is 3. The van der Waals surface area contributed by atoms with E-state index in [2.05, 4.69) is 21.2 Å². The summed E-state index contributed by atoms with van der Waals surface area (Å²) in [4.78, 5) is 39.2. The predicted octanol–water partition coefficient (Wildman–Crippen LogP) is 5.96. The van der Waals surface area contributed by atoms with Crippen molar-refractivity contribution in [3.8, 4) is 5.75 Å². The first kappa shape index (κ1) is 23.7. The topological polar surface area (TPSA) is 75.7 Å². The average molecular weight is 540 g/mol. The number of hydrogen-bond donors (Lipinski definition) is 1. The second kappa shape index (κ2) is 9.83. The van der Waals surface area contributed by atoms with Crippen LogP contribution in [0.2, 0.25) is 5.02 Å². The summed E-state index contributed by atoms with van der Waals surface area (Å²) >= 11 is 9.65. The van der Waals surface area contributed by atoms with Crippen LogP contribution < -0.4 is 15.0 Å². The third kappa shape index (κ3) is 4.90. The van der Waals surface area contributed by atoms with Crippen LogP contribution in [-0.4, -0.2) is 17.8 Å². The zero-order valence-corrected chi connectivity index (χ0v) is 20.7. The summed E-state index contributed by atoms with van der Waals surface area (Å²) < 4.78 is 6.49. The largest absolute Gasteiger partial charge is 0.488 e. The zero-order chi connectivity index (χ0) is 24.4. The highest BCUT2D eigenvalue weighted by Crippen LogP contribution is 2.30. The molecule has 172 valence electrons. The maximum Gasteiger partial charge on any atom is 0.335 e. The van der Waals surface area contributed by atoms with E-state index in [-0.39, 0.29) is 12.2 Å². The van der Waals surface area contributed by atoms with Gasteiger partial charge in [-0.2, -0.15) is 0 Å². The Morgan fingerprint density at radius 2 is 1.79 bits per heavy atom. The van der Waals surface area contributed by atoms with Crippen LogP contribution in [0.4, 0.5) is 10.5 Å². The monoisotopic (exact) mass is 538 g/mol. The third-order valence-corrected chi connectivity index (χ3v) is 6.30. The van der Waals surface area contributed by atoms with Crippen molar-refractivity contribution in [3.05, 3.63) is 98.0 Å². The Hall–Kier alpha value is -3.42. The maximum absolute atomic E-state index is 13.2. The van der Waals surface area contributed by atoms with Crippen molar-refractivity contribution in [1.82, 2.24) is 5.32 Å². The lowest BCUT2D eigenvalue weighted by Crippen LogP contribution is -2.54. The van der Waals surface area contributed by atoms with E-state index in [0.29, 0.717) is 26.5 Å². The van der Waals surface area contributed by atoms with Gasteiger partial charge in [-0.25, -0.2) is 9.69 Å². The van der Waals surface area contributed by atoms with Crippen molar-refractivity contribution in [2.75, 3.05) is 4.90 Å². The molecule has 3 aromatic carbocycles. The van der Waals surface area contributed by atoms with Gasteiger partial charge in [-0.3, -0.25) is 14.9 Å². The molecule has 0 bridgehead atoms. The average Bonchev–Trinajstić information content (AvgIpc) is 2.79. The van der Waals surface area contributed by atoms with Gasteiger partial charge in [0, 0.05) is 10.6 Å². The van der Waals surface area contributed by atoms with Crippen molar-refractivity contribution in [2.45, 2.75) is 20.5 Å². The fraction of sp³-hybridized carbons (Fsp3) is 0.115. The van der Waals surface area contributed by atoms with E-state index in [1.54, 1.807) is 37.3 Å². The molecule has 1 aliphatic rings. The molecule has 0 atom stereocenters. The first-order valence-corrected chi connectivity index (χ1v) is 11.6. The number of amides is 4. The molecule has 8 heteroatoms. The predicted molar refractivity (Wildman–Crippen MR) is 135 cm³/mol. The fourth-order valence-electron chi connectivity index (χ4n) is 3.50. The number of ether oxygens (including phenoxy) is 1. The molecule has 0 aliphatic carbocycles. The molecule has 4 amide bonds. The Bertz CT molecular complexity index is 1350. The molecule has 0 unspecified atom stereocenters. The number of imide groups is 2. The SMILES string of the molecule is Cc1ccc(C)c(N2C(=O)NC(=O)/C(=C\c3ccc(OCc4ccccc4Cl)c(Br)c3)C2=O)c1. The molecule has 1 N–H and O–H groups in total. The highest BCUT2D eigenvalue weighted by molar-refractivity contribution is 9.10. The molecule has 0 saturated carbocycles. The number of hydrogen-bond acceptors (Lipinski definition) is 4. The Labute approximate surface area is 210 Å². The second-order valence-electron chi connectivity index (χ2n) is 7.82. The Balaban J connectivity index is 1.60. The van der Waals surface area contributed by atoms with E-state index in [0.717, 1.165) is 21.6 Å². The molecule has 3 aromatic rings. The molecular weight excluding hydrogens is 520 g/mol. The molecule has 1 heterocycles. The molecular formula is C26H20BrClN2O4. The maximum atomic E-state index is 13.2. The molecule has 1 aliphatic heterocycles. The first-order chi connectivity index (χ1) is 16.2.